The van der Waals surface area contributed by atoms with Crippen LogP contribution >= 0.6 is 0 Å². The van der Waals surface area contributed by atoms with Crippen molar-refractivity contribution in [1.82, 2.24) is 0 Å². The van der Waals surface area contributed by atoms with E-state index in [-0.39, 0.29) is 5.91 Å². The molecule has 3 nitrogen and oxygen atoms in total. The Hall–Kier alpha value is -1.35. The maximum atomic E-state index is 11.7. The molecule has 1 amide bonds. The third kappa shape index (κ3) is 4.03. The normalized spacial score (nSPS) is 10.1. The molecular formula is C13H20N2O. The number of anilines is 1. The molecule has 1 aromatic rings. The lowest BCUT2D eigenvalue weighted by Crippen LogP contribution is -2.37. The van der Waals surface area contributed by atoms with Gasteiger partial charge in [-0.2, -0.15) is 0 Å². The number of rotatable bonds is 6. The van der Waals surface area contributed by atoms with Gasteiger partial charge in [-0.05, 0) is 18.6 Å². The van der Waals surface area contributed by atoms with E-state index in [1.807, 2.05) is 30.3 Å². The van der Waals surface area contributed by atoms with Crippen molar-refractivity contribution in [3.63, 3.8) is 0 Å². The molecule has 0 saturated heterocycles. The van der Waals surface area contributed by atoms with Crippen LogP contribution in [0.2, 0.25) is 0 Å². The average molecular weight is 220 g/mol. The van der Waals surface area contributed by atoms with Crippen molar-refractivity contribution in [2.45, 2.75) is 39.0 Å². The zero-order valence-corrected chi connectivity index (χ0v) is 9.86. The van der Waals surface area contributed by atoms with E-state index in [9.17, 15) is 4.79 Å². The molecule has 0 radical (unpaired) electrons. The molecule has 88 valence electrons. The second-order valence-corrected chi connectivity index (χ2v) is 3.91. The van der Waals surface area contributed by atoms with E-state index < -0.39 is 0 Å². The molecule has 0 aliphatic rings. The molecule has 0 atom stereocenters. The van der Waals surface area contributed by atoms with Crippen LogP contribution in [0, 0.1) is 0 Å². The Balaban J connectivity index is 2.37. The predicted molar refractivity (Wildman–Crippen MR) is 66.9 cm³/mol. The number of unbranched alkanes of at least 4 members (excludes halogenated alkanes) is 3. The summed E-state index contributed by atoms with van der Waals surface area (Å²) in [7, 11) is 0. The number of carbonyl (C=O) groups is 1. The molecule has 0 bridgehead atoms. The highest BCUT2D eigenvalue weighted by molar-refractivity contribution is 5.91. The zero-order chi connectivity index (χ0) is 11.8. The van der Waals surface area contributed by atoms with Crippen LogP contribution in [-0.2, 0) is 4.79 Å². The monoisotopic (exact) mass is 220 g/mol. The van der Waals surface area contributed by atoms with E-state index in [0.29, 0.717) is 6.42 Å². The Kier molecular flexibility index (Phi) is 5.57. The van der Waals surface area contributed by atoms with Gasteiger partial charge in [-0.25, -0.2) is 10.9 Å². The van der Waals surface area contributed by atoms with Crippen LogP contribution in [0.5, 0.6) is 0 Å². The van der Waals surface area contributed by atoms with Crippen LogP contribution in [0.4, 0.5) is 5.69 Å². The highest BCUT2D eigenvalue weighted by atomic mass is 16.2. The van der Waals surface area contributed by atoms with Crippen molar-refractivity contribution in [2.75, 3.05) is 5.01 Å². The number of hydrogen-bond donors (Lipinski definition) is 1. The van der Waals surface area contributed by atoms with Crippen molar-refractivity contribution < 1.29 is 4.79 Å². The Morgan fingerprint density at radius 2 is 1.88 bits per heavy atom. The van der Waals surface area contributed by atoms with Gasteiger partial charge in [0.2, 0.25) is 5.91 Å². The van der Waals surface area contributed by atoms with Crippen LogP contribution in [0.15, 0.2) is 30.3 Å². The maximum Gasteiger partial charge on any atom is 0.241 e. The van der Waals surface area contributed by atoms with E-state index >= 15 is 0 Å². The van der Waals surface area contributed by atoms with E-state index in [4.69, 9.17) is 5.84 Å². The maximum absolute atomic E-state index is 11.7. The minimum Gasteiger partial charge on any atom is -0.273 e. The predicted octanol–water partition coefficient (Wildman–Crippen LogP) is 2.86. The fourth-order valence-electron chi connectivity index (χ4n) is 1.56. The van der Waals surface area contributed by atoms with E-state index in [1.165, 1.54) is 17.9 Å². The van der Waals surface area contributed by atoms with Crippen LogP contribution in [0.3, 0.4) is 0 Å². The van der Waals surface area contributed by atoms with E-state index in [1.54, 1.807) is 0 Å². The summed E-state index contributed by atoms with van der Waals surface area (Å²) < 4.78 is 0. The molecule has 0 heterocycles. The van der Waals surface area contributed by atoms with Gasteiger partial charge in [0.05, 0.1) is 5.69 Å². The first kappa shape index (κ1) is 12.7. The number of hydrazine groups is 1. The van der Waals surface area contributed by atoms with Gasteiger partial charge in [0.15, 0.2) is 0 Å². The molecule has 1 rings (SSSR count). The number of nitrogens with two attached hydrogens (primary N) is 1. The Morgan fingerprint density at radius 3 is 2.50 bits per heavy atom. The fourth-order valence-corrected chi connectivity index (χ4v) is 1.56. The molecule has 0 aromatic heterocycles. The molecule has 2 N–H and O–H groups in total. The lowest BCUT2D eigenvalue weighted by Gasteiger charge is -2.16. The van der Waals surface area contributed by atoms with Crippen LogP contribution < -0.4 is 10.9 Å². The summed E-state index contributed by atoms with van der Waals surface area (Å²) in [4.78, 5) is 11.7. The van der Waals surface area contributed by atoms with Gasteiger partial charge >= 0.3 is 0 Å². The lowest BCUT2D eigenvalue weighted by molar-refractivity contribution is -0.118. The van der Waals surface area contributed by atoms with Gasteiger partial charge in [0.1, 0.15) is 0 Å². The smallest absolute Gasteiger partial charge is 0.241 e. The molecular weight excluding hydrogens is 200 g/mol. The van der Waals surface area contributed by atoms with Crippen LogP contribution in [0.25, 0.3) is 0 Å². The molecule has 1 aromatic carbocycles. The first-order valence-corrected chi connectivity index (χ1v) is 5.88. The number of carbonyl (C=O) groups excluding carboxylic acids is 1. The summed E-state index contributed by atoms with van der Waals surface area (Å²) in [6, 6.07) is 9.33. The van der Waals surface area contributed by atoms with Crippen molar-refractivity contribution in [1.29, 1.82) is 0 Å². The molecule has 0 aliphatic heterocycles. The highest BCUT2D eigenvalue weighted by Crippen LogP contribution is 2.12. The average Bonchev–Trinajstić information content (AvgIpc) is 2.34. The molecule has 0 spiro atoms. The summed E-state index contributed by atoms with van der Waals surface area (Å²) >= 11 is 0. The van der Waals surface area contributed by atoms with Crippen LogP contribution in [0.1, 0.15) is 39.0 Å². The Morgan fingerprint density at radius 1 is 1.19 bits per heavy atom. The van der Waals surface area contributed by atoms with Gasteiger partial charge in [-0.3, -0.25) is 4.79 Å². The molecule has 0 unspecified atom stereocenters. The van der Waals surface area contributed by atoms with Gasteiger partial charge < -0.3 is 0 Å². The van der Waals surface area contributed by atoms with Gasteiger partial charge in [0, 0.05) is 6.42 Å². The fraction of sp³-hybridized carbons (Fsp3) is 0.462. The first-order valence-electron chi connectivity index (χ1n) is 5.88. The van der Waals surface area contributed by atoms with Crippen molar-refractivity contribution >= 4 is 11.6 Å². The summed E-state index contributed by atoms with van der Waals surface area (Å²) in [6.07, 6.45) is 4.92. The van der Waals surface area contributed by atoms with Crippen molar-refractivity contribution in [3.8, 4) is 0 Å². The van der Waals surface area contributed by atoms with E-state index in [2.05, 4.69) is 6.92 Å². The van der Waals surface area contributed by atoms with E-state index in [0.717, 1.165) is 18.5 Å². The number of amides is 1. The number of nitrogens with zero attached hydrogens (tertiary/aromatic N) is 1. The summed E-state index contributed by atoms with van der Waals surface area (Å²) in [5, 5.41) is 1.24. The highest BCUT2D eigenvalue weighted by Gasteiger charge is 2.10. The first-order chi connectivity index (χ1) is 7.75. The Bertz CT molecular complexity index is 311. The molecule has 0 aliphatic carbocycles. The minimum absolute atomic E-state index is 0.0118. The third-order valence-corrected chi connectivity index (χ3v) is 2.55. The summed E-state index contributed by atoms with van der Waals surface area (Å²) in [6.45, 7) is 2.15. The second-order valence-electron chi connectivity index (χ2n) is 3.91. The molecule has 3 heteroatoms. The number of hydrogen-bond acceptors (Lipinski definition) is 2. The number of benzene rings is 1. The molecule has 16 heavy (non-hydrogen) atoms. The lowest BCUT2D eigenvalue weighted by atomic mass is 10.1. The van der Waals surface area contributed by atoms with Crippen molar-refractivity contribution in [3.05, 3.63) is 30.3 Å². The second kappa shape index (κ2) is 7.01. The van der Waals surface area contributed by atoms with Gasteiger partial charge in [-0.15, -0.1) is 0 Å². The van der Waals surface area contributed by atoms with Gasteiger partial charge in [-0.1, -0.05) is 44.4 Å². The SMILES string of the molecule is CCCCCCC(=O)N(N)c1ccccc1. The van der Waals surface area contributed by atoms with Crippen molar-refractivity contribution in [2.24, 2.45) is 5.84 Å². The summed E-state index contributed by atoms with van der Waals surface area (Å²) in [5.41, 5.74) is 0.753. The molecule has 0 fully saturated rings. The third-order valence-electron chi connectivity index (χ3n) is 2.55. The topological polar surface area (TPSA) is 46.3 Å². The minimum atomic E-state index is -0.0118. The quantitative estimate of drug-likeness (QED) is 0.347. The van der Waals surface area contributed by atoms with Crippen LogP contribution in [-0.4, -0.2) is 5.91 Å². The molecule has 0 saturated carbocycles. The number of para-hydroxylation sites is 1. The van der Waals surface area contributed by atoms with Gasteiger partial charge in [0.25, 0.3) is 0 Å². The zero-order valence-electron chi connectivity index (χ0n) is 9.86. The standard InChI is InChI=1S/C13H20N2O/c1-2-3-4-8-11-13(16)15(14)12-9-6-5-7-10-12/h5-7,9-10H,2-4,8,11,14H2,1H3. The largest absolute Gasteiger partial charge is 0.273 e. The summed E-state index contributed by atoms with van der Waals surface area (Å²) in [5.74, 6) is 5.73. The Labute approximate surface area is 97.2 Å².